The summed E-state index contributed by atoms with van der Waals surface area (Å²) in [5.74, 6) is 0. The summed E-state index contributed by atoms with van der Waals surface area (Å²) in [6.45, 7) is 9.44. The van der Waals surface area contributed by atoms with E-state index in [2.05, 4.69) is 353 Å². The molecule has 0 bridgehead atoms. The van der Waals surface area contributed by atoms with E-state index in [1.54, 1.807) is 0 Å². The molecule has 2 aliphatic rings. The molecule has 0 N–H and O–H groups in total. The molecule has 0 aliphatic heterocycles. The Morgan fingerprint density at radius 3 is 0.956 bits per heavy atom. The summed E-state index contributed by atoms with van der Waals surface area (Å²) < 4.78 is 0. The molecule has 0 fully saturated rings. The highest BCUT2D eigenvalue weighted by Gasteiger charge is 2.37. The van der Waals surface area contributed by atoms with Crippen molar-refractivity contribution in [1.82, 2.24) is 0 Å². The van der Waals surface area contributed by atoms with Crippen LogP contribution in [0.15, 0.2) is 315 Å². The van der Waals surface area contributed by atoms with Crippen LogP contribution < -0.4 is 9.80 Å². The van der Waals surface area contributed by atoms with Gasteiger partial charge < -0.3 is 9.80 Å². The monoisotopic (exact) mass is 1150 g/mol. The lowest BCUT2D eigenvalue weighted by molar-refractivity contribution is 0.660. The molecule has 0 aromatic heterocycles. The first-order valence-corrected chi connectivity index (χ1v) is 31.6. The van der Waals surface area contributed by atoms with Gasteiger partial charge in [-0.3, -0.25) is 0 Å². The van der Waals surface area contributed by atoms with Gasteiger partial charge in [0, 0.05) is 45.0 Å². The zero-order valence-electron chi connectivity index (χ0n) is 50.9. The Morgan fingerprint density at radius 2 is 0.522 bits per heavy atom. The van der Waals surface area contributed by atoms with E-state index in [9.17, 15) is 0 Å². The summed E-state index contributed by atoms with van der Waals surface area (Å²) in [5, 5.41) is 9.57. The maximum atomic E-state index is 2.47. The maximum absolute atomic E-state index is 2.47. The number of hydrogen-bond acceptors (Lipinski definition) is 2. The standard InChI is InChI=1S/C88H64N2/c1-87(2)81-35-17-15-31-71(81)73-49-41-61(53-83(73)87)57-37-43-65(44-38-57)89(63-25-7-5-8-26-63)67-47-51-77-79(55-67)85(75-33-19-23-59-21-11-13-29-69(59)75)78-52-48-68(56-80(78)86(77)76-34-20-24-60-22-12-14-30-70(60)76)90(64-27-9-6-10-28-64)66-45-39-58(40-46-66)62-42-50-74-72-32-16-18-36-82(72)88(3,4)84(74)54-62/h5-56H,1-4H3. The van der Waals surface area contributed by atoms with E-state index < -0.39 is 0 Å². The van der Waals surface area contributed by atoms with Gasteiger partial charge in [-0.05, 0) is 217 Å². The van der Waals surface area contributed by atoms with E-state index in [4.69, 9.17) is 0 Å². The molecule has 90 heavy (non-hydrogen) atoms. The highest BCUT2D eigenvalue weighted by molar-refractivity contribution is 6.26. The number of benzene rings is 15. The van der Waals surface area contributed by atoms with Crippen molar-refractivity contribution >= 4 is 77.2 Å². The first-order valence-electron chi connectivity index (χ1n) is 31.6. The fourth-order valence-electron chi connectivity index (χ4n) is 15.4. The van der Waals surface area contributed by atoms with Gasteiger partial charge in [0.2, 0.25) is 0 Å². The van der Waals surface area contributed by atoms with Gasteiger partial charge in [-0.25, -0.2) is 0 Å². The van der Waals surface area contributed by atoms with E-state index in [0.29, 0.717) is 0 Å². The Morgan fingerprint density at radius 1 is 0.200 bits per heavy atom. The Labute approximate surface area is 526 Å². The van der Waals surface area contributed by atoms with Gasteiger partial charge in [0.25, 0.3) is 0 Å². The Balaban J connectivity index is 0.859. The van der Waals surface area contributed by atoms with Crippen molar-refractivity contribution in [2.45, 2.75) is 38.5 Å². The second-order valence-corrected chi connectivity index (χ2v) is 25.6. The fraction of sp³-hybridized carbons (Fsp3) is 0.0682. The molecule has 0 amide bonds. The molecule has 2 heteroatoms. The molecule has 15 aromatic carbocycles. The predicted octanol–water partition coefficient (Wildman–Crippen LogP) is 24.5. The van der Waals surface area contributed by atoms with Crippen molar-refractivity contribution in [2.24, 2.45) is 0 Å². The Bertz CT molecular complexity index is 5000. The number of fused-ring (bicyclic) bond motifs is 10. The highest BCUT2D eigenvalue weighted by atomic mass is 15.1. The van der Waals surface area contributed by atoms with Gasteiger partial charge >= 0.3 is 0 Å². The van der Waals surface area contributed by atoms with Crippen LogP contribution in [0.3, 0.4) is 0 Å². The van der Waals surface area contributed by atoms with Crippen molar-refractivity contribution < 1.29 is 0 Å². The van der Waals surface area contributed by atoms with E-state index in [-0.39, 0.29) is 10.8 Å². The molecule has 17 rings (SSSR count). The van der Waals surface area contributed by atoms with Gasteiger partial charge in [-0.15, -0.1) is 0 Å². The van der Waals surface area contributed by atoms with E-state index in [1.807, 2.05) is 0 Å². The molecule has 0 saturated carbocycles. The van der Waals surface area contributed by atoms with Crippen LogP contribution in [0.1, 0.15) is 49.9 Å². The molecule has 2 aliphatic carbocycles. The van der Waals surface area contributed by atoms with Crippen LogP contribution in [0, 0.1) is 0 Å². The van der Waals surface area contributed by atoms with E-state index in [1.165, 1.54) is 132 Å². The number of para-hydroxylation sites is 2. The minimum absolute atomic E-state index is 0.0828. The normalized spacial score (nSPS) is 13.3. The van der Waals surface area contributed by atoms with Crippen molar-refractivity contribution in [3.8, 4) is 66.8 Å². The third-order valence-corrected chi connectivity index (χ3v) is 19.8. The van der Waals surface area contributed by atoms with Gasteiger partial charge in [0.1, 0.15) is 0 Å². The molecular weight excluding hydrogens is 1080 g/mol. The lowest BCUT2D eigenvalue weighted by Gasteiger charge is -2.28. The predicted molar refractivity (Wildman–Crippen MR) is 383 cm³/mol. The minimum atomic E-state index is -0.0828. The zero-order valence-corrected chi connectivity index (χ0v) is 50.9. The second kappa shape index (κ2) is 20.8. The third-order valence-electron chi connectivity index (χ3n) is 19.8. The van der Waals surface area contributed by atoms with E-state index in [0.717, 1.165) is 34.1 Å². The molecular formula is C88H64N2. The van der Waals surface area contributed by atoms with Crippen LogP contribution in [0.4, 0.5) is 34.1 Å². The molecule has 0 spiro atoms. The number of hydrogen-bond donors (Lipinski definition) is 0. The van der Waals surface area contributed by atoms with E-state index >= 15 is 0 Å². The summed E-state index contributed by atoms with van der Waals surface area (Å²) in [6.07, 6.45) is 0. The molecule has 426 valence electrons. The van der Waals surface area contributed by atoms with Crippen molar-refractivity contribution in [3.05, 3.63) is 338 Å². The Kier molecular flexibility index (Phi) is 12.3. The molecule has 0 atom stereocenters. The average molecular weight is 1150 g/mol. The van der Waals surface area contributed by atoms with Crippen molar-refractivity contribution in [3.63, 3.8) is 0 Å². The summed E-state index contributed by atoms with van der Waals surface area (Å²) in [5.41, 5.74) is 26.8. The summed E-state index contributed by atoms with van der Waals surface area (Å²) in [6, 6.07) is 118. The highest BCUT2D eigenvalue weighted by Crippen LogP contribution is 2.54. The largest absolute Gasteiger partial charge is 0.310 e. The van der Waals surface area contributed by atoms with Crippen LogP contribution in [-0.4, -0.2) is 0 Å². The quantitative estimate of drug-likeness (QED) is 0.126. The van der Waals surface area contributed by atoms with Crippen LogP contribution in [0.25, 0.3) is 110 Å². The molecule has 2 nitrogen and oxygen atoms in total. The molecule has 0 heterocycles. The van der Waals surface area contributed by atoms with Gasteiger partial charge in [-0.2, -0.15) is 0 Å². The first kappa shape index (κ1) is 53.2. The number of nitrogens with zero attached hydrogens (tertiary/aromatic N) is 2. The van der Waals surface area contributed by atoms with Gasteiger partial charge in [0.05, 0.1) is 0 Å². The topological polar surface area (TPSA) is 6.48 Å². The van der Waals surface area contributed by atoms with Crippen molar-refractivity contribution in [2.75, 3.05) is 9.80 Å². The third kappa shape index (κ3) is 8.47. The molecule has 0 unspecified atom stereocenters. The van der Waals surface area contributed by atoms with Crippen LogP contribution in [0.2, 0.25) is 0 Å². The lowest BCUT2D eigenvalue weighted by Crippen LogP contribution is -2.14. The smallest absolute Gasteiger partial charge is 0.0468 e. The van der Waals surface area contributed by atoms with Crippen molar-refractivity contribution in [1.29, 1.82) is 0 Å². The molecule has 15 aromatic rings. The Hall–Kier alpha value is -11.1. The fourth-order valence-corrected chi connectivity index (χ4v) is 15.4. The average Bonchev–Trinajstić information content (AvgIpc) is 0.818. The van der Waals surface area contributed by atoms with Gasteiger partial charge in [-0.1, -0.05) is 258 Å². The summed E-state index contributed by atoms with van der Waals surface area (Å²) in [4.78, 5) is 4.85. The lowest BCUT2D eigenvalue weighted by atomic mass is 9.81. The second-order valence-electron chi connectivity index (χ2n) is 25.6. The zero-order chi connectivity index (χ0) is 60.2. The SMILES string of the molecule is CC1(C)c2ccccc2-c2ccc(-c3ccc(N(c4ccccc4)c4ccc5c(-c6cccc7ccccc67)c6cc(N(c7ccccc7)c7ccc(-c8ccc9c(c8)C(C)(C)c8ccccc8-9)cc7)ccc6c(-c6cccc7ccccc67)c5c4)cc3)cc21. The van der Waals surface area contributed by atoms with Gasteiger partial charge in [0.15, 0.2) is 0 Å². The maximum Gasteiger partial charge on any atom is 0.0468 e. The minimum Gasteiger partial charge on any atom is -0.310 e. The number of anilines is 6. The first-order chi connectivity index (χ1) is 44.2. The summed E-state index contributed by atoms with van der Waals surface area (Å²) in [7, 11) is 0. The van der Waals surface area contributed by atoms with Crippen LogP contribution >= 0.6 is 0 Å². The molecule has 0 radical (unpaired) electrons. The summed E-state index contributed by atoms with van der Waals surface area (Å²) >= 11 is 0. The van der Waals surface area contributed by atoms with Crippen LogP contribution in [0.5, 0.6) is 0 Å². The molecule has 0 saturated heterocycles. The number of rotatable bonds is 10. The van der Waals surface area contributed by atoms with Crippen LogP contribution in [-0.2, 0) is 10.8 Å².